The Balaban J connectivity index is 0.00000538. The maximum absolute atomic E-state index is 14.0. The highest BCUT2D eigenvalue weighted by atomic mass is 16.4. The molecule has 0 aliphatic carbocycles. The number of hydrogen-bond donors (Lipinski definition) is 14. The van der Waals surface area contributed by atoms with Crippen LogP contribution < -0.4 is 66.3 Å². The smallest absolute Gasteiger partial charge is 0.300 e. The van der Waals surface area contributed by atoms with Crippen LogP contribution in [-0.4, -0.2) is 125 Å². The van der Waals surface area contributed by atoms with Gasteiger partial charge in [-0.2, -0.15) is 0 Å². The number of carboxylic acids is 1. The molecule has 0 fully saturated rings. The third-order valence-electron chi connectivity index (χ3n) is 9.36. The second-order valence-corrected chi connectivity index (χ2v) is 15.9. The third-order valence-corrected chi connectivity index (χ3v) is 9.36. The lowest BCUT2D eigenvalue weighted by Gasteiger charge is -2.27. The maximum Gasteiger partial charge on any atom is 0.300 e. The van der Waals surface area contributed by atoms with Gasteiger partial charge in [0.1, 0.15) is 36.0 Å². The summed E-state index contributed by atoms with van der Waals surface area (Å²) < 4.78 is 0. The largest absolute Gasteiger partial charge is 0.508 e. The lowest BCUT2D eigenvalue weighted by molar-refractivity contribution is -0.135. The standard InChI is InChI=1S/C41H64N14O8.C2H4O2/c1-23(2)19-31(38(62)54-30(12-8-18-49-41(46)47)37(61)53-29(34(43)58)11-7-17-48-40(44)45)55-39(63)32(21-25-9-5-4-6-10-25)52-33(57)22-50-35(59)24(3)51-36(60)28(42)20-26-13-15-27(56)16-14-26;1-2(3)4/h4-6,9-10,13-16,23-24,28-32,56H,7-8,11-12,17-22,42H2,1-3H3,(H2,43,58)(H,50,59)(H,51,60)(H,52,57)(H,53,61)(H,54,62)(H,55,63)(H4,44,45,48)(H4,46,47,49);1H3,(H,3,4)/t24-,28+,29+,30+,31+,32+;/m1./s1. The monoisotopic (exact) mass is 941 g/mol. The molecule has 0 heterocycles. The first kappa shape index (κ1) is 57.5. The van der Waals surface area contributed by atoms with Gasteiger partial charge >= 0.3 is 0 Å². The lowest BCUT2D eigenvalue weighted by Crippen LogP contribution is -2.59. The molecule has 24 nitrogen and oxygen atoms in total. The number of phenolic OH excluding ortho intramolecular Hbond substituents is 1. The van der Waals surface area contributed by atoms with E-state index >= 15 is 0 Å². The molecular formula is C43H68N14O10. The minimum absolute atomic E-state index is 0.00126. The van der Waals surface area contributed by atoms with Crippen LogP contribution in [0.25, 0.3) is 0 Å². The predicted molar refractivity (Wildman–Crippen MR) is 250 cm³/mol. The van der Waals surface area contributed by atoms with Crippen molar-refractivity contribution in [3.05, 3.63) is 65.7 Å². The van der Waals surface area contributed by atoms with E-state index in [0.717, 1.165) is 6.92 Å². The Morgan fingerprint density at radius 2 is 1.07 bits per heavy atom. The van der Waals surface area contributed by atoms with Gasteiger partial charge in [-0.3, -0.25) is 48.3 Å². The Hall–Kier alpha value is -7.50. The van der Waals surface area contributed by atoms with Gasteiger partial charge in [0, 0.05) is 26.4 Å². The molecule has 7 amide bonds. The number of rotatable bonds is 27. The zero-order chi connectivity index (χ0) is 50.6. The van der Waals surface area contributed by atoms with Crippen molar-refractivity contribution < 1.29 is 48.6 Å². The summed E-state index contributed by atoms with van der Waals surface area (Å²) >= 11 is 0. The Morgan fingerprint density at radius 3 is 1.60 bits per heavy atom. The van der Waals surface area contributed by atoms with Gasteiger partial charge < -0.3 is 76.5 Å². The maximum atomic E-state index is 14.0. The Labute approximate surface area is 389 Å². The molecule has 2 aromatic rings. The molecule has 6 atom stereocenters. The van der Waals surface area contributed by atoms with Crippen molar-refractivity contribution >= 4 is 59.2 Å². The van der Waals surface area contributed by atoms with Crippen molar-refractivity contribution in [3.8, 4) is 5.75 Å². The summed E-state index contributed by atoms with van der Waals surface area (Å²) in [5.74, 6) is -6.27. The number of aromatic hydroxyl groups is 1. The Bertz CT molecular complexity index is 1990. The minimum Gasteiger partial charge on any atom is -0.508 e. The number of primary amides is 1. The van der Waals surface area contributed by atoms with Gasteiger partial charge in [-0.15, -0.1) is 0 Å². The minimum atomic E-state index is -1.23. The average Bonchev–Trinajstić information content (AvgIpc) is 3.24. The van der Waals surface area contributed by atoms with E-state index in [1.165, 1.54) is 19.1 Å². The molecule has 0 aromatic heterocycles. The van der Waals surface area contributed by atoms with Gasteiger partial charge in [-0.25, -0.2) is 0 Å². The number of aliphatic carboxylic acids is 1. The highest BCUT2D eigenvalue weighted by Crippen LogP contribution is 2.12. The molecule has 24 heteroatoms. The molecule has 0 radical (unpaired) electrons. The van der Waals surface area contributed by atoms with E-state index in [1.807, 2.05) is 13.8 Å². The first-order valence-corrected chi connectivity index (χ1v) is 21.4. The number of nitrogens with zero attached hydrogens (tertiary/aromatic N) is 2. The van der Waals surface area contributed by atoms with Crippen LogP contribution >= 0.6 is 0 Å². The second-order valence-electron chi connectivity index (χ2n) is 15.9. The quantitative estimate of drug-likeness (QED) is 0.0238. The normalized spacial score (nSPS) is 13.2. The number of benzene rings is 2. The zero-order valence-corrected chi connectivity index (χ0v) is 38.3. The summed E-state index contributed by atoms with van der Waals surface area (Å²) in [6, 6.07) is 8.07. The molecule has 0 unspecified atom stereocenters. The molecule has 20 N–H and O–H groups in total. The summed E-state index contributed by atoms with van der Waals surface area (Å²) in [4.78, 5) is 109. The summed E-state index contributed by atoms with van der Waals surface area (Å²) in [5, 5.41) is 32.5. The topological polar surface area (TPSA) is 430 Å². The number of carbonyl (C=O) groups is 8. The number of nitrogens with one attached hydrogen (secondary N) is 6. The summed E-state index contributed by atoms with van der Waals surface area (Å²) in [5.41, 5.74) is 34.6. The molecule has 0 bridgehead atoms. The number of guanidine groups is 2. The van der Waals surface area contributed by atoms with Crippen LogP contribution in [0.4, 0.5) is 0 Å². The number of hydrogen-bond acceptors (Lipinski definition) is 12. The van der Waals surface area contributed by atoms with Crippen LogP contribution in [0.3, 0.4) is 0 Å². The van der Waals surface area contributed by atoms with Crippen molar-refractivity contribution in [3.63, 3.8) is 0 Å². The number of phenols is 1. The molecule has 67 heavy (non-hydrogen) atoms. The fourth-order valence-corrected chi connectivity index (χ4v) is 6.07. The van der Waals surface area contributed by atoms with E-state index in [1.54, 1.807) is 42.5 Å². The van der Waals surface area contributed by atoms with Crippen molar-refractivity contribution in [2.24, 2.45) is 50.3 Å². The van der Waals surface area contributed by atoms with Gasteiger partial charge in [0.15, 0.2) is 11.9 Å². The summed E-state index contributed by atoms with van der Waals surface area (Å²) in [6.07, 6.45) is 0.947. The summed E-state index contributed by atoms with van der Waals surface area (Å²) in [7, 11) is 0. The molecule has 0 saturated carbocycles. The zero-order valence-electron chi connectivity index (χ0n) is 38.3. The van der Waals surface area contributed by atoms with Crippen LogP contribution in [0.15, 0.2) is 64.6 Å². The number of carboxylic acid groups (broad SMARTS) is 1. The molecule has 370 valence electrons. The van der Waals surface area contributed by atoms with Crippen LogP contribution in [0.5, 0.6) is 5.75 Å². The van der Waals surface area contributed by atoms with Crippen molar-refractivity contribution in [1.29, 1.82) is 0 Å². The van der Waals surface area contributed by atoms with Gasteiger partial charge in [0.25, 0.3) is 5.97 Å². The first-order valence-electron chi connectivity index (χ1n) is 21.4. The van der Waals surface area contributed by atoms with Gasteiger partial charge in [-0.05, 0) is 74.6 Å². The van der Waals surface area contributed by atoms with E-state index < -0.39 is 90.1 Å². The number of aliphatic imine (C=N–C) groups is 2. The molecule has 0 spiro atoms. The van der Waals surface area contributed by atoms with Crippen molar-refractivity contribution in [2.75, 3.05) is 19.6 Å². The fourth-order valence-electron chi connectivity index (χ4n) is 6.07. The van der Waals surface area contributed by atoms with E-state index in [4.69, 9.17) is 44.3 Å². The molecule has 0 aliphatic rings. The summed E-state index contributed by atoms with van der Waals surface area (Å²) in [6.45, 7) is 5.88. The third kappa shape index (κ3) is 25.5. The highest BCUT2D eigenvalue weighted by Gasteiger charge is 2.32. The molecule has 0 saturated heterocycles. The number of carbonyl (C=O) groups excluding carboxylic acids is 7. The van der Waals surface area contributed by atoms with Crippen LogP contribution in [-0.2, 0) is 51.2 Å². The SMILES string of the molecule is CC(=O)O.CC(C)C[C@H](NC(=O)[C@H](Cc1ccccc1)NC(=O)CNC(=O)[C@@H](C)NC(=O)[C@@H](N)Cc1ccc(O)cc1)C(=O)N[C@@H](CCCN=C(N)N)C(=O)N[C@@H](CCCN=C(N)N)C(N)=O. The van der Waals surface area contributed by atoms with E-state index in [0.29, 0.717) is 17.5 Å². The molecule has 2 aromatic carbocycles. The van der Waals surface area contributed by atoms with Crippen LogP contribution in [0, 0.1) is 5.92 Å². The second kappa shape index (κ2) is 30.6. The Kier molecular flexibility index (Phi) is 26.3. The molecule has 2 rings (SSSR count). The number of amides is 7. The highest BCUT2D eigenvalue weighted by molar-refractivity contribution is 5.96. The fraction of sp³-hybridized carbons (Fsp3) is 0.488. The van der Waals surface area contributed by atoms with Gasteiger partial charge in [-0.1, -0.05) is 56.3 Å². The number of nitrogens with two attached hydrogens (primary N) is 6. The van der Waals surface area contributed by atoms with E-state index in [9.17, 15) is 38.7 Å². The molecular weight excluding hydrogens is 873 g/mol. The van der Waals surface area contributed by atoms with Crippen molar-refractivity contribution in [1.82, 2.24) is 31.9 Å². The first-order chi connectivity index (χ1) is 31.5. The molecule has 0 aliphatic heterocycles. The van der Waals surface area contributed by atoms with Gasteiger partial charge in [0.05, 0.1) is 12.6 Å². The van der Waals surface area contributed by atoms with Crippen LogP contribution in [0.1, 0.15) is 70.9 Å². The Morgan fingerprint density at radius 1 is 0.597 bits per heavy atom. The lowest BCUT2D eigenvalue weighted by atomic mass is 10.00. The van der Waals surface area contributed by atoms with Gasteiger partial charge in [0.2, 0.25) is 41.4 Å². The van der Waals surface area contributed by atoms with Crippen molar-refractivity contribution in [2.45, 2.75) is 109 Å². The van der Waals surface area contributed by atoms with E-state index in [-0.39, 0.29) is 75.2 Å². The predicted octanol–water partition coefficient (Wildman–Crippen LogP) is -3.21. The average molecular weight is 941 g/mol. The van der Waals surface area contributed by atoms with Crippen LogP contribution in [0.2, 0.25) is 0 Å². The van der Waals surface area contributed by atoms with E-state index in [2.05, 4.69) is 41.9 Å².